The van der Waals surface area contributed by atoms with Gasteiger partial charge in [-0.25, -0.2) is 14.4 Å². The lowest BCUT2D eigenvalue weighted by atomic mass is 10.0. The van der Waals surface area contributed by atoms with E-state index in [4.69, 9.17) is 0 Å². The largest absolute Gasteiger partial charge is 0.337 e. The first-order valence-corrected chi connectivity index (χ1v) is 8.47. The van der Waals surface area contributed by atoms with Gasteiger partial charge in [-0.1, -0.05) is 30.3 Å². The number of aromatic nitrogens is 4. The van der Waals surface area contributed by atoms with Crippen molar-refractivity contribution in [3.63, 3.8) is 0 Å². The molecule has 0 aliphatic rings. The highest BCUT2D eigenvalue weighted by atomic mass is 19.1. The first-order chi connectivity index (χ1) is 12.6. The van der Waals surface area contributed by atoms with Gasteiger partial charge in [-0.2, -0.15) is 0 Å². The third-order valence-electron chi connectivity index (χ3n) is 4.55. The van der Waals surface area contributed by atoms with Gasteiger partial charge in [0.25, 0.3) is 0 Å². The van der Waals surface area contributed by atoms with Crippen LogP contribution in [0.25, 0.3) is 22.5 Å². The lowest BCUT2D eigenvalue weighted by Crippen LogP contribution is -2.06. The normalized spacial score (nSPS) is 11.0. The zero-order valence-corrected chi connectivity index (χ0v) is 14.7. The van der Waals surface area contributed by atoms with Gasteiger partial charge in [-0.05, 0) is 30.7 Å². The fourth-order valence-corrected chi connectivity index (χ4v) is 3.11. The predicted octanol–water partition coefficient (Wildman–Crippen LogP) is 4.45. The van der Waals surface area contributed by atoms with Crippen molar-refractivity contribution in [2.24, 2.45) is 7.05 Å². The third kappa shape index (κ3) is 2.92. The number of rotatable bonds is 4. The van der Waals surface area contributed by atoms with Gasteiger partial charge < -0.3 is 9.13 Å². The van der Waals surface area contributed by atoms with E-state index in [2.05, 4.69) is 14.5 Å². The van der Waals surface area contributed by atoms with E-state index < -0.39 is 0 Å². The Labute approximate surface area is 151 Å². The fourth-order valence-electron chi connectivity index (χ4n) is 3.11. The number of benzene rings is 2. The summed E-state index contributed by atoms with van der Waals surface area (Å²) in [7, 11) is 1.97. The third-order valence-corrected chi connectivity index (χ3v) is 4.55. The molecule has 0 fully saturated rings. The molecule has 0 radical (unpaired) electrons. The zero-order valence-electron chi connectivity index (χ0n) is 14.7. The van der Waals surface area contributed by atoms with E-state index in [-0.39, 0.29) is 5.82 Å². The van der Waals surface area contributed by atoms with Crippen molar-refractivity contribution in [2.75, 3.05) is 0 Å². The number of nitrogens with zero attached hydrogens (tertiary/aromatic N) is 4. The second-order valence-electron chi connectivity index (χ2n) is 6.35. The van der Waals surface area contributed by atoms with Gasteiger partial charge in [-0.3, -0.25) is 0 Å². The smallest absolute Gasteiger partial charge is 0.128 e. The van der Waals surface area contributed by atoms with E-state index in [0.717, 1.165) is 28.3 Å². The Morgan fingerprint density at radius 3 is 2.50 bits per heavy atom. The molecule has 0 amide bonds. The minimum absolute atomic E-state index is 0.204. The molecule has 5 heteroatoms. The monoisotopic (exact) mass is 346 g/mol. The Morgan fingerprint density at radius 2 is 1.81 bits per heavy atom. The maximum absolute atomic E-state index is 13.8. The van der Waals surface area contributed by atoms with Gasteiger partial charge >= 0.3 is 0 Å². The maximum Gasteiger partial charge on any atom is 0.128 e. The van der Waals surface area contributed by atoms with Crippen LogP contribution in [0.5, 0.6) is 0 Å². The van der Waals surface area contributed by atoms with E-state index in [0.29, 0.717) is 12.1 Å². The number of hydrogen-bond donors (Lipinski definition) is 0. The van der Waals surface area contributed by atoms with Crippen LogP contribution in [0.4, 0.5) is 4.39 Å². The van der Waals surface area contributed by atoms with Crippen molar-refractivity contribution in [1.29, 1.82) is 0 Å². The Kier molecular flexibility index (Phi) is 4.13. The van der Waals surface area contributed by atoms with Crippen LogP contribution in [0.3, 0.4) is 0 Å². The highest BCUT2D eigenvalue weighted by Gasteiger charge is 2.17. The Balaban J connectivity index is 1.88. The lowest BCUT2D eigenvalue weighted by molar-refractivity contribution is 0.618. The Bertz CT molecular complexity index is 1050. The van der Waals surface area contributed by atoms with Gasteiger partial charge in [0.05, 0.1) is 24.3 Å². The van der Waals surface area contributed by atoms with E-state index >= 15 is 0 Å². The highest BCUT2D eigenvalue weighted by Crippen LogP contribution is 2.32. The molecule has 4 rings (SSSR count). The van der Waals surface area contributed by atoms with Crippen molar-refractivity contribution in [3.8, 4) is 22.5 Å². The fraction of sp³-hybridized carbons (Fsp3) is 0.143. The summed E-state index contributed by atoms with van der Waals surface area (Å²) in [4.78, 5) is 9.07. The molecule has 0 spiro atoms. The standard InChI is InChI=1S/C21H19FN4/c1-15-12-17(8-9-18(15)22)21-20(16-6-4-3-5-7-16)24-14-26(21)13-19-23-10-11-25(19)2/h3-12,14H,13H2,1-2H3. The van der Waals surface area contributed by atoms with Crippen molar-refractivity contribution in [3.05, 3.63) is 84.5 Å². The van der Waals surface area contributed by atoms with Gasteiger partial charge in [0.2, 0.25) is 0 Å². The minimum atomic E-state index is -0.204. The second kappa shape index (κ2) is 6.59. The summed E-state index contributed by atoms with van der Waals surface area (Å²) in [5.41, 5.74) is 4.43. The molecule has 0 saturated heterocycles. The van der Waals surface area contributed by atoms with Crippen LogP contribution in [0.1, 0.15) is 11.4 Å². The second-order valence-corrected chi connectivity index (χ2v) is 6.35. The molecule has 2 aromatic carbocycles. The summed E-state index contributed by atoms with van der Waals surface area (Å²) in [5, 5.41) is 0. The molecule has 130 valence electrons. The van der Waals surface area contributed by atoms with Crippen LogP contribution in [-0.2, 0) is 13.6 Å². The number of imidazole rings is 2. The first kappa shape index (κ1) is 16.3. The van der Waals surface area contributed by atoms with Crippen molar-refractivity contribution in [1.82, 2.24) is 19.1 Å². The van der Waals surface area contributed by atoms with Crippen molar-refractivity contribution >= 4 is 0 Å². The molecule has 0 unspecified atom stereocenters. The molecular weight excluding hydrogens is 327 g/mol. The molecule has 0 atom stereocenters. The topological polar surface area (TPSA) is 35.6 Å². The number of halogens is 1. The summed E-state index contributed by atoms with van der Waals surface area (Å²) in [6, 6.07) is 15.2. The van der Waals surface area contributed by atoms with Gasteiger partial charge in [0.1, 0.15) is 11.6 Å². The molecule has 2 heterocycles. The van der Waals surface area contributed by atoms with Crippen molar-refractivity contribution in [2.45, 2.75) is 13.5 Å². The summed E-state index contributed by atoms with van der Waals surface area (Å²) < 4.78 is 17.8. The average molecular weight is 346 g/mol. The highest BCUT2D eigenvalue weighted by molar-refractivity contribution is 5.78. The molecule has 0 saturated carbocycles. The van der Waals surface area contributed by atoms with Crippen molar-refractivity contribution < 1.29 is 4.39 Å². The molecule has 2 aromatic heterocycles. The molecule has 0 aliphatic heterocycles. The quantitative estimate of drug-likeness (QED) is 0.547. The molecule has 0 aliphatic carbocycles. The van der Waals surface area contributed by atoms with Gasteiger partial charge in [0.15, 0.2) is 0 Å². The van der Waals surface area contributed by atoms with E-state index in [1.807, 2.05) is 60.5 Å². The van der Waals surface area contributed by atoms with Crippen LogP contribution in [0.2, 0.25) is 0 Å². The maximum atomic E-state index is 13.8. The minimum Gasteiger partial charge on any atom is -0.337 e. The lowest BCUT2D eigenvalue weighted by Gasteiger charge is -2.12. The molecule has 4 aromatic rings. The number of aryl methyl sites for hydroxylation is 2. The van der Waals surface area contributed by atoms with Gasteiger partial charge in [0, 0.05) is 30.6 Å². The van der Waals surface area contributed by atoms with Crippen LogP contribution in [0, 0.1) is 12.7 Å². The van der Waals surface area contributed by atoms with Crippen LogP contribution in [-0.4, -0.2) is 19.1 Å². The SMILES string of the molecule is Cc1cc(-c2c(-c3ccccc3)ncn2Cc2nccn2C)ccc1F. The molecule has 0 bridgehead atoms. The Morgan fingerprint density at radius 1 is 1.00 bits per heavy atom. The Hall–Kier alpha value is -3.21. The van der Waals surface area contributed by atoms with E-state index in [1.54, 1.807) is 19.2 Å². The first-order valence-electron chi connectivity index (χ1n) is 8.47. The molecular formula is C21H19FN4. The van der Waals surface area contributed by atoms with E-state index in [1.165, 1.54) is 6.07 Å². The summed E-state index contributed by atoms with van der Waals surface area (Å²) in [6.45, 7) is 2.37. The summed E-state index contributed by atoms with van der Waals surface area (Å²) >= 11 is 0. The summed E-state index contributed by atoms with van der Waals surface area (Å²) in [6.07, 6.45) is 5.53. The van der Waals surface area contributed by atoms with Crippen LogP contribution >= 0.6 is 0 Å². The predicted molar refractivity (Wildman–Crippen MR) is 100 cm³/mol. The molecule has 4 nitrogen and oxygen atoms in total. The number of hydrogen-bond acceptors (Lipinski definition) is 2. The summed E-state index contributed by atoms with van der Waals surface area (Å²) in [5.74, 6) is 0.729. The average Bonchev–Trinajstić information content (AvgIpc) is 3.25. The van der Waals surface area contributed by atoms with Gasteiger partial charge in [-0.15, -0.1) is 0 Å². The van der Waals surface area contributed by atoms with E-state index in [9.17, 15) is 4.39 Å². The zero-order chi connectivity index (χ0) is 18.1. The molecule has 0 N–H and O–H groups in total. The molecule has 26 heavy (non-hydrogen) atoms. The van der Waals surface area contributed by atoms with Crippen LogP contribution in [0.15, 0.2) is 67.3 Å². The van der Waals surface area contributed by atoms with Crippen LogP contribution < -0.4 is 0 Å².